The topological polar surface area (TPSA) is 98.5 Å². The van der Waals surface area contributed by atoms with Crippen molar-refractivity contribution in [2.75, 3.05) is 7.11 Å². The van der Waals surface area contributed by atoms with Gasteiger partial charge in [0.05, 0.1) is 12.0 Å². The Kier molecular flexibility index (Phi) is 6.41. The molecule has 0 radical (unpaired) electrons. The Balaban J connectivity index is 2.01. The summed E-state index contributed by atoms with van der Waals surface area (Å²) in [5.41, 5.74) is 0.885. The molecule has 1 atom stereocenters. The first kappa shape index (κ1) is 18.3. The fourth-order valence-corrected chi connectivity index (χ4v) is 2.82. The summed E-state index contributed by atoms with van der Waals surface area (Å²) >= 11 is 0.958. The van der Waals surface area contributed by atoms with E-state index in [1.165, 1.54) is 25.3 Å². The molecule has 7 nitrogen and oxygen atoms in total. The minimum Gasteiger partial charge on any atom is -0.467 e. The molecule has 0 saturated heterocycles. The van der Waals surface area contributed by atoms with Crippen molar-refractivity contribution in [2.24, 2.45) is 0 Å². The van der Waals surface area contributed by atoms with Gasteiger partial charge < -0.3 is 10.1 Å². The van der Waals surface area contributed by atoms with Crippen LogP contribution in [-0.2, 0) is 20.7 Å². The number of rotatable bonds is 7. The second-order valence-corrected chi connectivity index (χ2v) is 6.13. The number of nitrogens with one attached hydrogen (secondary N) is 1. The van der Waals surface area contributed by atoms with Gasteiger partial charge in [-0.1, -0.05) is 41.7 Å². The van der Waals surface area contributed by atoms with Crippen molar-refractivity contribution in [1.82, 2.24) is 5.32 Å². The van der Waals surface area contributed by atoms with Crippen molar-refractivity contribution in [1.29, 1.82) is 0 Å². The highest BCUT2D eigenvalue weighted by atomic mass is 32.1. The molecule has 1 unspecified atom stereocenters. The van der Waals surface area contributed by atoms with E-state index in [1.54, 1.807) is 6.07 Å². The zero-order valence-corrected chi connectivity index (χ0v) is 14.2. The number of amides is 1. The van der Waals surface area contributed by atoms with Crippen molar-refractivity contribution < 1.29 is 19.2 Å². The van der Waals surface area contributed by atoms with Gasteiger partial charge in [0.1, 0.15) is 6.04 Å². The summed E-state index contributed by atoms with van der Waals surface area (Å²) in [6.45, 7) is 0. The lowest BCUT2D eigenvalue weighted by atomic mass is 10.1. The van der Waals surface area contributed by atoms with E-state index < -0.39 is 22.8 Å². The van der Waals surface area contributed by atoms with Gasteiger partial charge in [0.25, 0.3) is 0 Å². The number of hydrogen-bond donors (Lipinski definition) is 1. The van der Waals surface area contributed by atoms with Crippen molar-refractivity contribution in [3.63, 3.8) is 0 Å². The monoisotopic (exact) mass is 360 g/mol. The number of esters is 1. The lowest BCUT2D eigenvalue weighted by Crippen LogP contribution is -2.42. The largest absolute Gasteiger partial charge is 0.467 e. The smallest absolute Gasteiger partial charge is 0.328 e. The Morgan fingerprint density at radius 2 is 2.00 bits per heavy atom. The minimum atomic E-state index is -0.817. The van der Waals surface area contributed by atoms with E-state index in [-0.39, 0.29) is 5.00 Å². The first-order valence-corrected chi connectivity index (χ1v) is 8.16. The second-order valence-electron chi connectivity index (χ2n) is 5.04. The molecule has 0 bridgehead atoms. The fourth-order valence-electron chi connectivity index (χ4n) is 2.09. The molecule has 2 rings (SSSR count). The minimum absolute atomic E-state index is 0.00317. The van der Waals surface area contributed by atoms with E-state index in [0.29, 0.717) is 11.3 Å². The average Bonchev–Trinajstić information content (AvgIpc) is 3.09. The molecule has 0 spiro atoms. The zero-order valence-electron chi connectivity index (χ0n) is 13.4. The zero-order chi connectivity index (χ0) is 18.2. The standard InChI is InChI=1S/C17H16N2O5S/c1-24-17(21)14(11-12-5-3-2-4-6-12)18-15(20)9-7-13-8-10-16(25-13)19(22)23/h2-10,14H,11H2,1H3,(H,18,20)/b9-7+. The van der Waals surface area contributed by atoms with Crippen LogP contribution in [0.2, 0.25) is 0 Å². The SMILES string of the molecule is COC(=O)C(Cc1ccccc1)NC(=O)/C=C/c1ccc([N+](=O)[O-])s1. The predicted octanol–water partition coefficient (Wildman–Crippen LogP) is 2.57. The molecule has 25 heavy (non-hydrogen) atoms. The Bertz CT molecular complexity index is 785. The second kappa shape index (κ2) is 8.74. The van der Waals surface area contributed by atoms with Crippen LogP contribution >= 0.6 is 11.3 Å². The summed E-state index contributed by atoms with van der Waals surface area (Å²) in [6.07, 6.45) is 3.00. The van der Waals surface area contributed by atoms with Gasteiger partial charge in [-0.15, -0.1) is 0 Å². The van der Waals surface area contributed by atoms with Crippen molar-refractivity contribution in [2.45, 2.75) is 12.5 Å². The van der Waals surface area contributed by atoms with Gasteiger partial charge in [0.2, 0.25) is 5.91 Å². The number of nitro groups is 1. The van der Waals surface area contributed by atoms with Gasteiger partial charge in [-0.05, 0) is 17.7 Å². The first-order chi connectivity index (χ1) is 12.0. The summed E-state index contributed by atoms with van der Waals surface area (Å²) in [5, 5.41) is 13.2. The van der Waals surface area contributed by atoms with Gasteiger partial charge >= 0.3 is 11.0 Å². The Hall–Kier alpha value is -3.00. The highest BCUT2D eigenvalue weighted by Gasteiger charge is 2.21. The fraction of sp³-hybridized carbons (Fsp3) is 0.176. The normalized spacial score (nSPS) is 11.9. The highest BCUT2D eigenvalue weighted by Crippen LogP contribution is 2.24. The van der Waals surface area contributed by atoms with Crippen LogP contribution in [0.4, 0.5) is 5.00 Å². The molecule has 0 saturated carbocycles. The number of hydrogen-bond acceptors (Lipinski definition) is 6. The first-order valence-electron chi connectivity index (χ1n) is 7.34. The third-order valence-corrected chi connectivity index (χ3v) is 4.28. The molecule has 1 N–H and O–H groups in total. The average molecular weight is 360 g/mol. The number of ether oxygens (including phenoxy) is 1. The number of benzene rings is 1. The van der Waals surface area contributed by atoms with E-state index in [1.807, 2.05) is 30.3 Å². The van der Waals surface area contributed by atoms with Crippen molar-refractivity contribution in [3.05, 3.63) is 69.1 Å². The molecule has 1 aromatic carbocycles. The molecular formula is C17H16N2O5S. The highest BCUT2D eigenvalue weighted by molar-refractivity contribution is 7.16. The summed E-state index contributed by atoms with van der Waals surface area (Å²) < 4.78 is 4.73. The Morgan fingerprint density at radius 3 is 2.60 bits per heavy atom. The summed E-state index contributed by atoms with van der Waals surface area (Å²) in [6, 6.07) is 11.3. The van der Waals surface area contributed by atoms with Crippen LogP contribution in [0, 0.1) is 10.1 Å². The molecule has 0 aliphatic heterocycles. The molecule has 1 heterocycles. The van der Waals surface area contributed by atoms with E-state index in [9.17, 15) is 19.7 Å². The summed E-state index contributed by atoms with van der Waals surface area (Å²) in [7, 11) is 1.26. The summed E-state index contributed by atoms with van der Waals surface area (Å²) in [4.78, 5) is 34.6. The lowest BCUT2D eigenvalue weighted by Gasteiger charge is -2.15. The van der Waals surface area contributed by atoms with Crippen LogP contribution in [-0.4, -0.2) is 30.0 Å². The summed E-state index contributed by atoms with van der Waals surface area (Å²) in [5.74, 6) is -1.03. The molecule has 1 amide bonds. The number of methoxy groups -OCH3 is 1. The molecule has 130 valence electrons. The predicted molar refractivity (Wildman–Crippen MR) is 94.1 cm³/mol. The van der Waals surface area contributed by atoms with Gasteiger partial charge in [-0.25, -0.2) is 4.79 Å². The molecule has 0 aliphatic rings. The Labute approximate surface area is 148 Å². The Morgan fingerprint density at radius 1 is 1.28 bits per heavy atom. The van der Waals surface area contributed by atoms with Crippen molar-refractivity contribution in [3.8, 4) is 0 Å². The third-order valence-electron chi connectivity index (χ3n) is 3.28. The van der Waals surface area contributed by atoms with Crippen LogP contribution in [0.15, 0.2) is 48.5 Å². The van der Waals surface area contributed by atoms with Crippen LogP contribution in [0.5, 0.6) is 0 Å². The van der Waals surface area contributed by atoms with Crippen molar-refractivity contribution >= 4 is 34.3 Å². The van der Waals surface area contributed by atoms with Gasteiger partial charge in [0.15, 0.2) is 0 Å². The van der Waals surface area contributed by atoms with Gasteiger partial charge in [0, 0.05) is 23.4 Å². The van der Waals surface area contributed by atoms with Crippen LogP contribution < -0.4 is 5.32 Å². The molecule has 0 fully saturated rings. The third kappa shape index (κ3) is 5.54. The molecule has 8 heteroatoms. The number of thiophene rings is 1. The maximum atomic E-state index is 12.0. The number of carbonyl (C=O) groups is 2. The number of carbonyl (C=O) groups excluding carboxylic acids is 2. The van der Waals surface area contributed by atoms with Crippen LogP contribution in [0.3, 0.4) is 0 Å². The lowest BCUT2D eigenvalue weighted by molar-refractivity contribution is -0.380. The molecule has 1 aromatic heterocycles. The molecular weight excluding hydrogens is 344 g/mol. The van der Waals surface area contributed by atoms with Gasteiger partial charge in [-0.2, -0.15) is 0 Å². The van der Waals surface area contributed by atoms with Crippen LogP contribution in [0.1, 0.15) is 10.4 Å². The molecule has 0 aliphatic carbocycles. The van der Waals surface area contributed by atoms with Crippen LogP contribution in [0.25, 0.3) is 6.08 Å². The maximum absolute atomic E-state index is 12.0. The van der Waals surface area contributed by atoms with E-state index in [2.05, 4.69) is 5.32 Å². The molecule has 2 aromatic rings. The van der Waals surface area contributed by atoms with E-state index in [0.717, 1.165) is 16.9 Å². The maximum Gasteiger partial charge on any atom is 0.328 e. The van der Waals surface area contributed by atoms with E-state index in [4.69, 9.17) is 4.74 Å². The number of nitrogens with zero attached hydrogens (tertiary/aromatic N) is 1. The quantitative estimate of drug-likeness (QED) is 0.354. The van der Waals surface area contributed by atoms with Gasteiger partial charge in [-0.3, -0.25) is 14.9 Å². The van der Waals surface area contributed by atoms with E-state index >= 15 is 0 Å².